The molecule has 2 rings (SSSR count). The maximum Gasteiger partial charge on any atom is 0.253 e. The van der Waals surface area contributed by atoms with Crippen LogP contribution < -0.4 is 5.32 Å². The molecule has 1 saturated carbocycles. The number of benzene rings is 1. The van der Waals surface area contributed by atoms with E-state index in [2.05, 4.69) is 5.32 Å². The largest absolute Gasteiger partial charge is 0.393 e. The van der Waals surface area contributed by atoms with Crippen molar-refractivity contribution >= 4 is 5.91 Å². The Morgan fingerprint density at radius 3 is 2.74 bits per heavy atom. The second-order valence-electron chi connectivity index (χ2n) is 5.10. The number of aliphatic hydroxyl groups excluding tert-OH is 1. The molecule has 4 heteroatoms. The van der Waals surface area contributed by atoms with Crippen LogP contribution in [0.1, 0.15) is 30.9 Å². The predicted octanol–water partition coefficient (Wildman–Crippen LogP) is 1.65. The molecule has 3 unspecified atom stereocenters. The first-order valence-corrected chi connectivity index (χ1v) is 6.74. The van der Waals surface area contributed by atoms with Crippen molar-refractivity contribution in [2.45, 2.75) is 31.5 Å². The molecule has 1 fully saturated rings. The van der Waals surface area contributed by atoms with E-state index in [4.69, 9.17) is 4.74 Å². The van der Waals surface area contributed by atoms with E-state index in [1.807, 2.05) is 30.3 Å². The van der Waals surface area contributed by atoms with Crippen LogP contribution in [-0.2, 0) is 9.53 Å². The van der Waals surface area contributed by atoms with Crippen LogP contribution in [0.15, 0.2) is 30.3 Å². The van der Waals surface area contributed by atoms with Crippen molar-refractivity contribution < 1.29 is 14.6 Å². The van der Waals surface area contributed by atoms with Crippen molar-refractivity contribution in [2.24, 2.45) is 5.92 Å². The third-order valence-electron chi connectivity index (χ3n) is 3.65. The summed E-state index contributed by atoms with van der Waals surface area (Å²) in [6.07, 6.45) is 1.84. The lowest BCUT2D eigenvalue weighted by Gasteiger charge is -2.17. The highest BCUT2D eigenvalue weighted by atomic mass is 16.5. The van der Waals surface area contributed by atoms with Gasteiger partial charge in [-0.25, -0.2) is 0 Å². The summed E-state index contributed by atoms with van der Waals surface area (Å²) in [5.41, 5.74) is 0.856. The highest BCUT2D eigenvalue weighted by Crippen LogP contribution is 2.25. The summed E-state index contributed by atoms with van der Waals surface area (Å²) >= 11 is 0. The number of carbonyl (C=O) groups is 1. The molecule has 0 spiro atoms. The Kier molecular flexibility index (Phi) is 4.93. The number of ether oxygens (including phenoxy) is 1. The molecule has 4 nitrogen and oxygen atoms in total. The molecule has 1 aromatic carbocycles. The third-order valence-corrected chi connectivity index (χ3v) is 3.65. The second-order valence-corrected chi connectivity index (χ2v) is 5.10. The fraction of sp³-hybridized carbons (Fsp3) is 0.533. The van der Waals surface area contributed by atoms with E-state index in [9.17, 15) is 9.90 Å². The Labute approximate surface area is 113 Å². The van der Waals surface area contributed by atoms with Crippen molar-refractivity contribution in [1.29, 1.82) is 0 Å². The van der Waals surface area contributed by atoms with Crippen molar-refractivity contribution in [1.82, 2.24) is 5.32 Å². The molecule has 0 aromatic heterocycles. The third kappa shape index (κ3) is 3.78. The van der Waals surface area contributed by atoms with Crippen molar-refractivity contribution in [3.63, 3.8) is 0 Å². The molecule has 1 aliphatic carbocycles. The molecule has 19 heavy (non-hydrogen) atoms. The maximum absolute atomic E-state index is 12.1. The van der Waals surface area contributed by atoms with E-state index in [0.717, 1.165) is 24.8 Å². The molecule has 2 N–H and O–H groups in total. The minimum Gasteiger partial charge on any atom is -0.393 e. The number of aliphatic hydroxyl groups is 1. The van der Waals surface area contributed by atoms with Crippen LogP contribution in [0.25, 0.3) is 0 Å². The SMILES string of the molecule is COC(C(=O)NCC1CCC(O)C1)c1ccccc1. The monoisotopic (exact) mass is 263 g/mol. The van der Waals surface area contributed by atoms with Gasteiger partial charge >= 0.3 is 0 Å². The number of methoxy groups -OCH3 is 1. The van der Waals surface area contributed by atoms with Crippen LogP contribution in [-0.4, -0.2) is 30.8 Å². The second kappa shape index (κ2) is 6.68. The molecule has 1 aliphatic rings. The van der Waals surface area contributed by atoms with Gasteiger partial charge in [-0.2, -0.15) is 0 Å². The van der Waals surface area contributed by atoms with Crippen LogP contribution in [0.4, 0.5) is 0 Å². The predicted molar refractivity (Wildman–Crippen MR) is 72.5 cm³/mol. The average Bonchev–Trinajstić information content (AvgIpc) is 2.84. The van der Waals surface area contributed by atoms with Gasteiger partial charge in [0, 0.05) is 13.7 Å². The number of amides is 1. The number of hydrogen-bond donors (Lipinski definition) is 2. The van der Waals surface area contributed by atoms with Crippen LogP contribution in [0.5, 0.6) is 0 Å². The van der Waals surface area contributed by atoms with Gasteiger partial charge in [-0.3, -0.25) is 4.79 Å². The summed E-state index contributed by atoms with van der Waals surface area (Å²) in [6.45, 7) is 0.614. The molecule has 1 aromatic rings. The van der Waals surface area contributed by atoms with E-state index in [1.54, 1.807) is 0 Å². The molecule has 104 valence electrons. The van der Waals surface area contributed by atoms with E-state index in [0.29, 0.717) is 12.5 Å². The smallest absolute Gasteiger partial charge is 0.253 e. The van der Waals surface area contributed by atoms with Gasteiger partial charge in [-0.15, -0.1) is 0 Å². The fourth-order valence-electron chi connectivity index (χ4n) is 2.59. The maximum atomic E-state index is 12.1. The Morgan fingerprint density at radius 1 is 1.42 bits per heavy atom. The lowest BCUT2D eigenvalue weighted by molar-refractivity contribution is -0.131. The minimum atomic E-state index is -0.562. The topological polar surface area (TPSA) is 58.6 Å². The Morgan fingerprint density at radius 2 is 2.16 bits per heavy atom. The summed E-state index contributed by atoms with van der Waals surface area (Å²) < 4.78 is 5.27. The van der Waals surface area contributed by atoms with Crippen LogP contribution in [0.3, 0.4) is 0 Å². The van der Waals surface area contributed by atoms with Gasteiger partial charge in [0.1, 0.15) is 0 Å². The van der Waals surface area contributed by atoms with Gasteiger partial charge in [0.15, 0.2) is 6.10 Å². The Bertz CT molecular complexity index is 407. The normalized spacial score (nSPS) is 24.1. The quantitative estimate of drug-likeness (QED) is 0.849. The standard InChI is InChI=1S/C15H21NO3/c1-19-14(12-5-3-2-4-6-12)15(18)16-10-11-7-8-13(17)9-11/h2-6,11,13-14,17H,7-10H2,1H3,(H,16,18). The first kappa shape index (κ1) is 14.0. The van der Waals surface area contributed by atoms with Crippen LogP contribution in [0, 0.1) is 5.92 Å². The molecular formula is C15H21NO3. The average molecular weight is 263 g/mol. The van der Waals surface area contributed by atoms with Gasteiger partial charge in [0.25, 0.3) is 5.91 Å². The zero-order valence-corrected chi connectivity index (χ0v) is 11.2. The molecule has 0 heterocycles. The Hall–Kier alpha value is -1.39. The first-order chi connectivity index (χ1) is 9.20. The van der Waals surface area contributed by atoms with Gasteiger partial charge in [-0.1, -0.05) is 30.3 Å². The number of rotatable bonds is 5. The molecular weight excluding hydrogens is 242 g/mol. The van der Waals surface area contributed by atoms with Gasteiger partial charge in [0.2, 0.25) is 0 Å². The van der Waals surface area contributed by atoms with Crippen molar-refractivity contribution in [3.8, 4) is 0 Å². The minimum absolute atomic E-state index is 0.116. The van der Waals surface area contributed by atoms with E-state index in [-0.39, 0.29) is 12.0 Å². The molecule has 0 bridgehead atoms. The number of carbonyl (C=O) groups excluding carboxylic acids is 1. The highest BCUT2D eigenvalue weighted by molar-refractivity contribution is 5.82. The molecule has 0 radical (unpaired) electrons. The van der Waals surface area contributed by atoms with E-state index in [1.165, 1.54) is 7.11 Å². The summed E-state index contributed by atoms with van der Waals surface area (Å²) in [5.74, 6) is 0.266. The van der Waals surface area contributed by atoms with Crippen LogP contribution in [0.2, 0.25) is 0 Å². The van der Waals surface area contributed by atoms with Crippen molar-refractivity contribution in [2.75, 3.05) is 13.7 Å². The highest BCUT2D eigenvalue weighted by Gasteiger charge is 2.25. The van der Waals surface area contributed by atoms with E-state index >= 15 is 0 Å². The lowest BCUT2D eigenvalue weighted by atomic mass is 10.1. The lowest BCUT2D eigenvalue weighted by Crippen LogP contribution is -2.33. The number of nitrogens with one attached hydrogen (secondary N) is 1. The van der Waals surface area contributed by atoms with Gasteiger partial charge in [0.05, 0.1) is 6.10 Å². The summed E-state index contributed by atoms with van der Waals surface area (Å²) in [4.78, 5) is 12.1. The zero-order chi connectivity index (χ0) is 13.7. The Balaban J connectivity index is 1.87. The van der Waals surface area contributed by atoms with E-state index < -0.39 is 6.10 Å². The molecule has 3 atom stereocenters. The molecule has 0 aliphatic heterocycles. The van der Waals surface area contributed by atoms with Crippen LogP contribution >= 0.6 is 0 Å². The van der Waals surface area contributed by atoms with Gasteiger partial charge < -0.3 is 15.2 Å². The van der Waals surface area contributed by atoms with Gasteiger partial charge in [-0.05, 0) is 30.7 Å². The fourth-order valence-corrected chi connectivity index (χ4v) is 2.59. The first-order valence-electron chi connectivity index (χ1n) is 6.74. The molecule has 1 amide bonds. The van der Waals surface area contributed by atoms with Crippen molar-refractivity contribution in [3.05, 3.63) is 35.9 Å². The summed E-state index contributed by atoms with van der Waals surface area (Å²) in [7, 11) is 1.54. The molecule has 0 saturated heterocycles. The summed E-state index contributed by atoms with van der Waals surface area (Å²) in [5, 5.41) is 12.4. The summed E-state index contributed by atoms with van der Waals surface area (Å²) in [6, 6.07) is 9.46. The number of hydrogen-bond acceptors (Lipinski definition) is 3. The zero-order valence-electron chi connectivity index (χ0n) is 11.2.